The summed E-state index contributed by atoms with van der Waals surface area (Å²) in [6.07, 6.45) is 3.25. The Bertz CT molecular complexity index is 617. The number of ketones is 1. The monoisotopic (exact) mass is 317 g/mol. The first-order valence-corrected chi connectivity index (χ1v) is 8.25. The molecule has 0 radical (unpaired) electrons. The Morgan fingerprint density at radius 1 is 1.35 bits per heavy atom. The van der Waals surface area contributed by atoms with Gasteiger partial charge in [-0.25, -0.2) is 0 Å². The van der Waals surface area contributed by atoms with Crippen LogP contribution in [0, 0.1) is 0 Å². The molecule has 0 aromatic heterocycles. The fourth-order valence-corrected chi connectivity index (χ4v) is 3.41. The van der Waals surface area contributed by atoms with Crippen molar-refractivity contribution in [3.8, 4) is 11.5 Å². The number of ether oxygens (including phenoxy) is 2. The van der Waals surface area contributed by atoms with E-state index in [0.29, 0.717) is 55.8 Å². The summed E-state index contributed by atoms with van der Waals surface area (Å²) in [6, 6.07) is 5.36. The van der Waals surface area contributed by atoms with Crippen LogP contribution in [0.15, 0.2) is 18.2 Å². The minimum atomic E-state index is -0.457. The first kappa shape index (κ1) is 15.8. The van der Waals surface area contributed by atoms with E-state index in [9.17, 15) is 9.59 Å². The number of rotatable bonds is 3. The molecule has 0 bridgehead atoms. The van der Waals surface area contributed by atoms with E-state index >= 15 is 0 Å². The number of piperidine rings is 1. The smallest absolute Gasteiger partial charge is 0.222 e. The molecule has 2 aliphatic heterocycles. The summed E-state index contributed by atoms with van der Waals surface area (Å²) in [6.45, 7) is 3.34. The van der Waals surface area contributed by atoms with Crippen molar-refractivity contribution in [2.75, 3.05) is 20.2 Å². The fourth-order valence-electron chi connectivity index (χ4n) is 3.41. The van der Waals surface area contributed by atoms with Gasteiger partial charge in [0.25, 0.3) is 0 Å². The van der Waals surface area contributed by atoms with Crippen LogP contribution in [-0.4, -0.2) is 42.4 Å². The summed E-state index contributed by atoms with van der Waals surface area (Å²) in [5, 5.41) is 0. The van der Waals surface area contributed by atoms with E-state index in [1.54, 1.807) is 13.2 Å². The minimum absolute atomic E-state index is 0.0958. The quantitative estimate of drug-likeness (QED) is 0.860. The van der Waals surface area contributed by atoms with Crippen LogP contribution in [0.3, 0.4) is 0 Å². The molecular formula is C18H23NO4. The van der Waals surface area contributed by atoms with Crippen LogP contribution < -0.4 is 9.47 Å². The molecule has 1 aromatic rings. The second-order valence-corrected chi connectivity index (χ2v) is 6.38. The van der Waals surface area contributed by atoms with Crippen molar-refractivity contribution in [1.82, 2.24) is 4.90 Å². The molecule has 0 saturated carbocycles. The molecular weight excluding hydrogens is 294 g/mol. The molecule has 5 heteroatoms. The summed E-state index contributed by atoms with van der Waals surface area (Å²) >= 11 is 0. The molecule has 1 saturated heterocycles. The van der Waals surface area contributed by atoms with E-state index in [-0.39, 0.29) is 11.7 Å². The van der Waals surface area contributed by atoms with Crippen molar-refractivity contribution in [3.63, 3.8) is 0 Å². The maximum Gasteiger partial charge on any atom is 0.222 e. The molecule has 5 nitrogen and oxygen atoms in total. The maximum absolute atomic E-state index is 12.5. The molecule has 1 fully saturated rings. The van der Waals surface area contributed by atoms with Crippen molar-refractivity contribution < 1.29 is 19.1 Å². The Morgan fingerprint density at radius 2 is 2.09 bits per heavy atom. The lowest BCUT2D eigenvalue weighted by atomic mass is 9.82. The molecule has 1 spiro atoms. The van der Waals surface area contributed by atoms with Gasteiger partial charge in [0.2, 0.25) is 5.91 Å². The van der Waals surface area contributed by atoms with Crippen LogP contribution in [0.1, 0.15) is 49.4 Å². The van der Waals surface area contributed by atoms with Crippen LogP contribution in [0.25, 0.3) is 0 Å². The van der Waals surface area contributed by atoms with Gasteiger partial charge in [-0.05, 0) is 24.6 Å². The summed E-state index contributed by atoms with van der Waals surface area (Å²) in [4.78, 5) is 26.4. The van der Waals surface area contributed by atoms with Gasteiger partial charge in [0.1, 0.15) is 17.1 Å². The second-order valence-electron chi connectivity index (χ2n) is 6.38. The Kier molecular flexibility index (Phi) is 4.28. The van der Waals surface area contributed by atoms with Gasteiger partial charge in [-0.1, -0.05) is 6.92 Å². The molecule has 2 heterocycles. The highest BCUT2D eigenvalue weighted by Gasteiger charge is 2.43. The van der Waals surface area contributed by atoms with E-state index in [0.717, 1.165) is 6.42 Å². The molecule has 1 amide bonds. The largest absolute Gasteiger partial charge is 0.497 e. The van der Waals surface area contributed by atoms with Gasteiger partial charge >= 0.3 is 0 Å². The van der Waals surface area contributed by atoms with E-state index in [1.807, 2.05) is 24.0 Å². The highest BCUT2D eigenvalue weighted by atomic mass is 16.5. The van der Waals surface area contributed by atoms with Crippen molar-refractivity contribution >= 4 is 11.7 Å². The minimum Gasteiger partial charge on any atom is -0.497 e. The Balaban J connectivity index is 1.73. The lowest BCUT2D eigenvalue weighted by Crippen LogP contribution is -2.52. The number of fused-ring (bicyclic) bond motifs is 1. The average Bonchev–Trinajstić information content (AvgIpc) is 2.55. The Hall–Kier alpha value is -2.04. The molecule has 0 unspecified atom stereocenters. The van der Waals surface area contributed by atoms with Gasteiger partial charge in [-0.2, -0.15) is 0 Å². The Labute approximate surface area is 136 Å². The number of benzene rings is 1. The molecule has 1 aromatic carbocycles. The molecule has 124 valence electrons. The van der Waals surface area contributed by atoms with Gasteiger partial charge in [-0.15, -0.1) is 0 Å². The first-order valence-electron chi connectivity index (χ1n) is 8.25. The van der Waals surface area contributed by atoms with Crippen LogP contribution in [-0.2, 0) is 4.79 Å². The second kappa shape index (κ2) is 6.22. The predicted molar refractivity (Wildman–Crippen MR) is 86.0 cm³/mol. The summed E-state index contributed by atoms with van der Waals surface area (Å²) in [5.41, 5.74) is 0.140. The Morgan fingerprint density at radius 3 is 2.74 bits per heavy atom. The van der Waals surface area contributed by atoms with Gasteiger partial charge in [0.05, 0.1) is 19.1 Å². The molecule has 0 aliphatic carbocycles. The highest BCUT2D eigenvalue weighted by molar-refractivity contribution is 6.00. The van der Waals surface area contributed by atoms with Crippen LogP contribution in [0.4, 0.5) is 0 Å². The summed E-state index contributed by atoms with van der Waals surface area (Å²) in [5.74, 6) is 1.60. The number of amides is 1. The van der Waals surface area contributed by atoms with Gasteiger partial charge in [-0.3, -0.25) is 9.59 Å². The number of hydrogen-bond acceptors (Lipinski definition) is 4. The van der Waals surface area contributed by atoms with E-state index < -0.39 is 5.60 Å². The zero-order chi connectivity index (χ0) is 16.4. The third kappa shape index (κ3) is 3.05. The summed E-state index contributed by atoms with van der Waals surface area (Å²) < 4.78 is 11.4. The number of Topliss-reactive ketones (excluding diaryl/α,β-unsaturated/α-hetero) is 1. The number of hydrogen-bond donors (Lipinski definition) is 0. The van der Waals surface area contributed by atoms with Crippen molar-refractivity contribution in [1.29, 1.82) is 0 Å². The number of likely N-dealkylation sites (tertiary alicyclic amines) is 1. The molecule has 0 N–H and O–H groups in total. The summed E-state index contributed by atoms with van der Waals surface area (Å²) in [7, 11) is 1.58. The lowest BCUT2D eigenvalue weighted by molar-refractivity contribution is -0.134. The topological polar surface area (TPSA) is 55.8 Å². The first-order chi connectivity index (χ1) is 11.1. The normalized spacial score (nSPS) is 19.2. The van der Waals surface area contributed by atoms with E-state index in [2.05, 4.69) is 0 Å². The van der Waals surface area contributed by atoms with Gasteiger partial charge in [0.15, 0.2) is 5.78 Å². The fraction of sp³-hybridized carbons (Fsp3) is 0.556. The average molecular weight is 317 g/mol. The number of carbonyl (C=O) groups is 2. The number of carbonyl (C=O) groups excluding carboxylic acids is 2. The van der Waals surface area contributed by atoms with E-state index in [4.69, 9.17) is 9.47 Å². The third-order valence-electron chi connectivity index (χ3n) is 4.79. The molecule has 2 aliphatic rings. The van der Waals surface area contributed by atoms with Gasteiger partial charge in [0, 0.05) is 32.4 Å². The number of nitrogens with zero attached hydrogens (tertiary/aromatic N) is 1. The zero-order valence-electron chi connectivity index (χ0n) is 13.8. The lowest BCUT2D eigenvalue weighted by Gasteiger charge is -2.44. The van der Waals surface area contributed by atoms with Crippen molar-refractivity contribution in [3.05, 3.63) is 23.8 Å². The third-order valence-corrected chi connectivity index (χ3v) is 4.79. The molecule has 3 rings (SSSR count). The molecule has 0 atom stereocenters. The van der Waals surface area contributed by atoms with Crippen LogP contribution in [0.2, 0.25) is 0 Å². The van der Waals surface area contributed by atoms with Crippen LogP contribution >= 0.6 is 0 Å². The van der Waals surface area contributed by atoms with Gasteiger partial charge < -0.3 is 14.4 Å². The SMILES string of the molecule is CCCC(=O)N1CCC2(CC1)CC(=O)c1cc(OC)ccc1O2. The maximum atomic E-state index is 12.5. The predicted octanol–water partition coefficient (Wildman–Crippen LogP) is 2.82. The van der Waals surface area contributed by atoms with E-state index in [1.165, 1.54) is 0 Å². The standard InChI is InChI=1S/C18H23NO4/c1-3-4-17(21)19-9-7-18(8-10-19)12-15(20)14-11-13(22-2)5-6-16(14)23-18/h5-6,11H,3-4,7-10,12H2,1-2H3. The van der Waals surface area contributed by atoms with Crippen molar-refractivity contribution in [2.45, 2.75) is 44.6 Å². The zero-order valence-corrected chi connectivity index (χ0v) is 13.8. The van der Waals surface area contributed by atoms with Crippen LogP contribution in [0.5, 0.6) is 11.5 Å². The van der Waals surface area contributed by atoms with Crippen molar-refractivity contribution in [2.24, 2.45) is 0 Å². The highest BCUT2D eigenvalue weighted by Crippen LogP contribution is 2.40. The molecule has 23 heavy (non-hydrogen) atoms. The number of methoxy groups -OCH3 is 1.